The number of alkyl carbamates (subject to hydrolysis) is 3. The van der Waals surface area contributed by atoms with Crippen molar-refractivity contribution in [1.82, 2.24) is 16.0 Å². The number of nitrogens with one attached hydrogen (secondary N) is 3. The summed E-state index contributed by atoms with van der Waals surface area (Å²) in [6.07, 6.45) is -1.44. The maximum Gasteiger partial charge on any atom is 0.408 e. The highest BCUT2D eigenvalue weighted by atomic mass is 28.4. The molecule has 1 aliphatic rings. The molecule has 0 aromatic heterocycles. The minimum Gasteiger partial charge on any atom is -0.491 e. The van der Waals surface area contributed by atoms with Crippen molar-refractivity contribution in [1.29, 1.82) is 0 Å². The second-order valence-electron chi connectivity index (χ2n) is 26.7. The smallest absolute Gasteiger partial charge is 0.408 e. The van der Waals surface area contributed by atoms with Gasteiger partial charge in [-0.1, -0.05) is 96.1 Å². The van der Waals surface area contributed by atoms with E-state index < -0.39 is 63.6 Å². The van der Waals surface area contributed by atoms with Crippen LogP contribution in [0.25, 0.3) is 0 Å². The van der Waals surface area contributed by atoms with Gasteiger partial charge in [0.2, 0.25) is 0 Å². The molecule has 7 N–H and O–H groups in total. The number of ketones is 1. The van der Waals surface area contributed by atoms with Crippen LogP contribution in [0.15, 0.2) is 72.8 Å². The average molecular weight is 1260 g/mol. The largest absolute Gasteiger partial charge is 0.491 e. The third kappa shape index (κ3) is 34.9. The summed E-state index contributed by atoms with van der Waals surface area (Å²) in [5.41, 5.74) is 0.819. The first-order valence-electron chi connectivity index (χ1n) is 29.8. The molecule has 3 amide bonds. The van der Waals surface area contributed by atoms with Gasteiger partial charge in [-0.15, -0.1) is 0 Å². The predicted octanol–water partition coefficient (Wildman–Crippen LogP) is 10.1. The van der Waals surface area contributed by atoms with Gasteiger partial charge < -0.3 is 83.1 Å². The van der Waals surface area contributed by atoms with Crippen LogP contribution in [0.2, 0.25) is 36.3 Å². The Bertz CT molecular complexity index is 2470. The number of ether oxygens (including phenoxy) is 8. The van der Waals surface area contributed by atoms with Crippen molar-refractivity contribution in [3.63, 3.8) is 0 Å². The van der Waals surface area contributed by atoms with Crippen LogP contribution in [0.3, 0.4) is 0 Å². The van der Waals surface area contributed by atoms with Crippen molar-refractivity contribution in [2.75, 3.05) is 85.7 Å². The maximum atomic E-state index is 12.3. The lowest BCUT2D eigenvalue weighted by Gasteiger charge is -2.36. The van der Waals surface area contributed by atoms with Crippen LogP contribution in [0.5, 0.6) is 17.2 Å². The van der Waals surface area contributed by atoms with Gasteiger partial charge in [0.25, 0.3) is 0 Å². The van der Waals surface area contributed by atoms with Crippen LogP contribution in [0.1, 0.15) is 121 Å². The zero-order chi connectivity index (χ0) is 66.3. The number of hydrogen-bond donors (Lipinski definition) is 7. The standard InChI is InChI=1S/C22H39NO5Si.C22H37NO5Si.C18H27NO6.C2H6O2/c2*1-21(2,3)28-20(25)23-16-18(24)15-17-11-9-10-12-19(17)26-13-14-27-29(7,8)22(4,5)6;1-17(2,3)25-16(21)19-13-18(23-10-11-24-18)12-14-6-4-5-7-15(14)22-9-8-20;3-1-2-4/h9-12,18,24H,13-16H2,1-8H3,(H,23,25);9-12H,13-16H2,1-8H3,(H,23,25);4-7,20H,8-13H2,1-3H3,(H,19,21);3-4H,1-2H2/t18-;;;/m0.../s1. The minimum atomic E-state index is -1.81. The number of Topliss-reactive ketones (excluding diaryl/α,β-unsaturated/α-hetero) is 1. The van der Waals surface area contributed by atoms with Gasteiger partial charge in [0, 0.05) is 31.4 Å². The average Bonchev–Trinajstić information content (AvgIpc) is 2.72. The number of carbonyl (C=O) groups is 4. The molecule has 1 atom stereocenters. The molecule has 0 spiro atoms. The van der Waals surface area contributed by atoms with Gasteiger partial charge in [0.1, 0.15) is 53.9 Å². The van der Waals surface area contributed by atoms with Gasteiger partial charge in [-0.2, -0.15) is 0 Å². The lowest BCUT2D eigenvalue weighted by molar-refractivity contribution is -0.152. The van der Waals surface area contributed by atoms with Gasteiger partial charge in [-0.25, -0.2) is 14.4 Å². The Morgan fingerprint density at radius 3 is 1.32 bits per heavy atom. The summed E-state index contributed by atoms with van der Waals surface area (Å²) in [6, 6.07) is 22.5. The fourth-order valence-electron chi connectivity index (χ4n) is 7.06. The van der Waals surface area contributed by atoms with Gasteiger partial charge in [-0.05, 0) is 128 Å². The summed E-state index contributed by atoms with van der Waals surface area (Å²) in [5, 5.41) is 42.6. The fraction of sp³-hybridized carbons (Fsp3) is 0.656. The molecule has 3 aromatic carbocycles. The molecule has 1 aliphatic heterocycles. The van der Waals surface area contributed by atoms with Crippen molar-refractivity contribution in [2.45, 2.75) is 188 Å². The SMILES string of the molecule is CC(C)(C)OC(=O)NCC(=O)Cc1ccccc1OCCO[Si](C)(C)C(C)(C)C.CC(C)(C)OC(=O)NCC1(Cc2ccccc2OCCO)OCCO1.CC(C)(C)OC(=O)NC[C@@H](O)Cc1ccccc1OCCO[Si](C)(C)C(C)(C)C.OCCO. The molecule has 0 radical (unpaired) electrons. The molecule has 0 unspecified atom stereocenters. The number of amides is 3. The number of para-hydroxylation sites is 3. The maximum absolute atomic E-state index is 12.3. The Morgan fingerprint density at radius 1 is 0.517 bits per heavy atom. The second kappa shape index (κ2) is 37.6. The molecule has 87 heavy (non-hydrogen) atoms. The highest BCUT2D eigenvalue weighted by molar-refractivity contribution is 6.74. The zero-order valence-electron chi connectivity index (χ0n) is 55.8. The molecule has 0 saturated carbocycles. The quantitative estimate of drug-likeness (QED) is 0.0224. The molecular formula is C64H109N3O18Si2. The minimum absolute atomic E-state index is 0.0628. The Labute approximate surface area is 521 Å². The number of aliphatic hydroxyl groups excluding tert-OH is 4. The van der Waals surface area contributed by atoms with E-state index in [4.69, 9.17) is 62.1 Å². The first kappa shape index (κ1) is 79.7. The number of rotatable bonds is 26. The fourth-order valence-corrected chi connectivity index (χ4v) is 9.11. The molecule has 1 fully saturated rings. The number of aliphatic hydroxyl groups is 4. The first-order valence-corrected chi connectivity index (χ1v) is 35.6. The van der Waals surface area contributed by atoms with Crippen molar-refractivity contribution in [2.24, 2.45) is 0 Å². The molecule has 0 aliphatic carbocycles. The Hall–Kier alpha value is -5.35. The van der Waals surface area contributed by atoms with E-state index >= 15 is 0 Å². The first-order chi connectivity index (χ1) is 40.2. The molecule has 3 aromatic rings. The van der Waals surface area contributed by atoms with E-state index in [-0.39, 0.29) is 68.3 Å². The van der Waals surface area contributed by atoms with E-state index in [2.05, 4.69) is 83.7 Å². The van der Waals surface area contributed by atoms with Crippen LogP contribution >= 0.6 is 0 Å². The van der Waals surface area contributed by atoms with Crippen LogP contribution in [-0.2, 0) is 56.6 Å². The molecule has 1 heterocycles. The Kier molecular flexibility index (Phi) is 34.4. The summed E-state index contributed by atoms with van der Waals surface area (Å²) in [4.78, 5) is 47.6. The summed E-state index contributed by atoms with van der Waals surface area (Å²) < 4.78 is 56.8. The monoisotopic (exact) mass is 1260 g/mol. The molecule has 23 heteroatoms. The highest BCUT2D eigenvalue weighted by Crippen LogP contribution is 2.38. The van der Waals surface area contributed by atoms with E-state index in [1.54, 1.807) is 62.3 Å². The summed E-state index contributed by atoms with van der Waals surface area (Å²) in [6.45, 7) is 41.1. The topological polar surface area (TPSA) is 278 Å². The van der Waals surface area contributed by atoms with Crippen LogP contribution in [-0.4, -0.2) is 176 Å². The van der Waals surface area contributed by atoms with E-state index in [9.17, 15) is 24.3 Å². The highest BCUT2D eigenvalue weighted by Gasteiger charge is 2.40. The van der Waals surface area contributed by atoms with Gasteiger partial charge in [0.05, 0.1) is 65.4 Å². The van der Waals surface area contributed by atoms with Crippen LogP contribution in [0, 0.1) is 0 Å². The lowest BCUT2D eigenvalue weighted by Crippen LogP contribution is -2.47. The third-order valence-corrected chi connectivity index (χ3v) is 22.4. The van der Waals surface area contributed by atoms with E-state index in [0.29, 0.717) is 64.0 Å². The van der Waals surface area contributed by atoms with Crippen molar-refractivity contribution >= 4 is 40.7 Å². The number of carbonyl (C=O) groups excluding carboxylic acids is 4. The summed E-state index contributed by atoms with van der Waals surface area (Å²) in [7, 11) is -3.60. The molecular weight excluding hydrogens is 1150 g/mol. The Morgan fingerprint density at radius 2 is 0.897 bits per heavy atom. The summed E-state index contributed by atoms with van der Waals surface area (Å²) in [5.74, 6) is 0.964. The predicted molar refractivity (Wildman–Crippen MR) is 343 cm³/mol. The number of benzene rings is 3. The lowest BCUT2D eigenvalue weighted by atomic mass is 10.0. The van der Waals surface area contributed by atoms with Gasteiger partial charge in [0.15, 0.2) is 28.2 Å². The summed E-state index contributed by atoms with van der Waals surface area (Å²) >= 11 is 0. The molecule has 0 bridgehead atoms. The second-order valence-corrected chi connectivity index (χ2v) is 36.3. The van der Waals surface area contributed by atoms with E-state index in [0.717, 1.165) is 22.4 Å². The van der Waals surface area contributed by atoms with Crippen molar-refractivity contribution < 1.29 is 86.4 Å². The normalized spacial score (nSPS) is 13.8. The van der Waals surface area contributed by atoms with Gasteiger partial charge in [-0.3, -0.25) is 4.79 Å². The number of hydrogen-bond acceptors (Lipinski definition) is 18. The van der Waals surface area contributed by atoms with Crippen molar-refractivity contribution in [3.05, 3.63) is 89.5 Å². The van der Waals surface area contributed by atoms with E-state index in [1.165, 1.54) is 0 Å². The zero-order valence-corrected chi connectivity index (χ0v) is 57.8. The molecule has 496 valence electrons. The Balaban J connectivity index is 0.000000633. The van der Waals surface area contributed by atoms with Crippen LogP contribution in [0.4, 0.5) is 14.4 Å². The van der Waals surface area contributed by atoms with Crippen LogP contribution < -0.4 is 30.2 Å². The molecule has 1 saturated heterocycles. The van der Waals surface area contributed by atoms with E-state index in [1.807, 2.05) is 72.8 Å². The molecule has 4 rings (SSSR count). The molecule has 21 nitrogen and oxygen atoms in total. The third-order valence-electron chi connectivity index (χ3n) is 13.3. The van der Waals surface area contributed by atoms with Gasteiger partial charge >= 0.3 is 18.3 Å². The van der Waals surface area contributed by atoms with Crippen molar-refractivity contribution in [3.8, 4) is 17.2 Å².